The van der Waals surface area contributed by atoms with Crippen molar-refractivity contribution < 1.29 is 14.3 Å². The zero-order valence-electron chi connectivity index (χ0n) is 11.3. The number of anilines is 1. The Labute approximate surface area is 131 Å². The Bertz CT molecular complexity index is 621. The molecule has 1 aliphatic heterocycles. The Morgan fingerprint density at radius 3 is 2.76 bits per heavy atom. The monoisotopic (exact) mass is 330 g/mol. The maximum Gasteiger partial charge on any atom is 0.434 e. The van der Waals surface area contributed by atoms with Crippen LogP contribution in [0, 0.1) is 0 Å². The zero-order valence-corrected chi connectivity index (χ0v) is 12.8. The number of hydrogen-bond acceptors (Lipinski definition) is 4. The van der Waals surface area contributed by atoms with E-state index in [4.69, 9.17) is 27.9 Å². The average Bonchev–Trinajstić information content (AvgIpc) is 2.41. The maximum absolute atomic E-state index is 12.1. The summed E-state index contributed by atoms with van der Waals surface area (Å²) < 4.78 is 4.81. The number of benzene rings is 1. The van der Waals surface area contributed by atoms with Crippen molar-refractivity contribution in [2.24, 2.45) is 5.10 Å². The number of carbonyl (C=O) groups excluding carboxylic acids is 2. The van der Waals surface area contributed by atoms with Crippen LogP contribution in [0.15, 0.2) is 23.3 Å². The second-order valence-corrected chi connectivity index (χ2v) is 4.85. The van der Waals surface area contributed by atoms with Gasteiger partial charge in [0.1, 0.15) is 0 Å². The van der Waals surface area contributed by atoms with Gasteiger partial charge < -0.3 is 4.74 Å². The summed E-state index contributed by atoms with van der Waals surface area (Å²) in [6, 6.07) is 3.99. The van der Waals surface area contributed by atoms with Gasteiger partial charge in [-0.1, -0.05) is 23.2 Å². The Kier molecular flexibility index (Phi) is 4.54. The van der Waals surface area contributed by atoms with E-state index >= 15 is 0 Å². The molecular weight excluding hydrogens is 319 g/mol. The quantitative estimate of drug-likeness (QED) is 0.904. The van der Waals surface area contributed by atoms with Crippen LogP contribution in [0.25, 0.3) is 0 Å². The summed E-state index contributed by atoms with van der Waals surface area (Å²) in [5, 5.41) is 6.71. The SMILES string of the molecule is CCOC(=O)N1NC(=O)N(c2ccc(Cl)cc2Cl)N=C1C. The van der Waals surface area contributed by atoms with E-state index in [1.54, 1.807) is 26.0 Å². The van der Waals surface area contributed by atoms with Crippen molar-refractivity contribution >= 4 is 46.8 Å². The first-order valence-electron chi connectivity index (χ1n) is 6.02. The summed E-state index contributed by atoms with van der Waals surface area (Å²) in [4.78, 5) is 23.7. The Morgan fingerprint density at radius 1 is 1.43 bits per heavy atom. The Morgan fingerprint density at radius 2 is 2.14 bits per heavy atom. The van der Waals surface area contributed by atoms with Crippen molar-refractivity contribution in [3.63, 3.8) is 0 Å². The molecule has 1 aromatic carbocycles. The van der Waals surface area contributed by atoms with Crippen LogP contribution in [0.3, 0.4) is 0 Å². The summed E-state index contributed by atoms with van der Waals surface area (Å²) >= 11 is 11.9. The van der Waals surface area contributed by atoms with Gasteiger partial charge in [-0.3, -0.25) is 0 Å². The molecule has 0 saturated carbocycles. The number of hydrazine groups is 1. The third kappa shape index (κ3) is 3.20. The molecule has 0 fully saturated rings. The van der Waals surface area contributed by atoms with E-state index in [0.717, 1.165) is 10.0 Å². The second kappa shape index (κ2) is 6.19. The zero-order chi connectivity index (χ0) is 15.6. The van der Waals surface area contributed by atoms with Crippen molar-refractivity contribution in [1.82, 2.24) is 10.4 Å². The van der Waals surface area contributed by atoms with Crippen LogP contribution in [-0.2, 0) is 4.74 Å². The lowest BCUT2D eigenvalue weighted by atomic mass is 10.3. The maximum atomic E-state index is 12.1. The summed E-state index contributed by atoms with van der Waals surface area (Å²) in [5.74, 6) is 0.235. The molecule has 9 heteroatoms. The number of nitrogens with one attached hydrogen (secondary N) is 1. The van der Waals surface area contributed by atoms with Crippen molar-refractivity contribution in [3.05, 3.63) is 28.2 Å². The van der Waals surface area contributed by atoms with Gasteiger partial charge in [0, 0.05) is 5.02 Å². The number of hydrogen-bond donors (Lipinski definition) is 1. The van der Waals surface area contributed by atoms with Crippen molar-refractivity contribution in [1.29, 1.82) is 0 Å². The van der Waals surface area contributed by atoms with Gasteiger partial charge in [0.15, 0.2) is 5.84 Å². The fourth-order valence-corrected chi connectivity index (χ4v) is 2.13. The molecule has 0 atom stereocenters. The predicted octanol–water partition coefficient (Wildman–Crippen LogP) is 3.23. The molecule has 0 unspecified atom stereocenters. The molecule has 1 N–H and O–H groups in total. The number of rotatable bonds is 2. The summed E-state index contributed by atoms with van der Waals surface area (Å²) in [7, 11) is 0. The average molecular weight is 331 g/mol. The molecule has 21 heavy (non-hydrogen) atoms. The number of hydrazone groups is 1. The Balaban J connectivity index is 2.31. The number of ether oxygens (including phenoxy) is 1. The number of carbonyl (C=O) groups is 2. The smallest absolute Gasteiger partial charge is 0.434 e. The van der Waals surface area contributed by atoms with Gasteiger partial charge in [-0.25, -0.2) is 15.0 Å². The van der Waals surface area contributed by atoms with Crippen LogP contribution in [0.5, 0.6) is 0 Å². The highest BCUT2D eigenvalue weighted by atomic mass is 35.5. The third-order valence-corrected chi connectivity index (χ3v) is 3.09. The molecule has 1 aliphatic rings. The molecule has 0 saturated heterocycles. The van der Waals surface area contributed by atoms with Crippen molar-refractivity contribution in [2.75, 3.05) is 11.6 Å². The van der Waals surface area contributed by atoms with E-state index in [1.165, 1.54) is 6.07 Å². The molecule has 0 spiro atoms. The van der Waals surface area contributed by atoms with Crippen LogP contribution in [-0.4, -0.2) is 29.6 Å². The van der Waals surface area contributed by atoms with Crippen LogP contribution in [0.4, 0.5) is 15.3 Å². The minimum absolute atomic E-state index is 0.186. The van der Waals surface area contributed by atoms with Crippen LogP contribution in [0.2, 0.25) is 10.0 Å². The van der Waals surface area contributed by atoms with Crippen LogP contribution >= 0.6 is 23.2 Å². The Hall–Kier alpha value is -1.99. The number of amidine groups is 1. The van der Waals surface area contributed by atoms with Crippen LogP contribution in [0.1, 0.15) is 13.8 Å². The first kappa shape index (κ1) is 15.4. The van der Waals surface area contributed by atoms with E-state index in [2.05, 4.69) is 10.5 Å². The molecule has 0 bridgehead atoms. The second-order valence-electron chi connectivity index (χ2n) is 4.01. The van der Waals surface area contributed by atoms with E-state index in [1.807, 2.05) is 0 Å². The predicted molar refractivity (Wildman–Crippen MR) is 79.4 cm³/mol. The highest BCUT2D eigenvalue weighted by Crippen LogP contribution is 2.30. The molecule has 112 valence electrons. The molecule has 0 radical (unpaired) electrons. The van der Waals surface area contributed by atoms with Gasteiger partial charge in [-0.05, 0) is 32.0 Å². The molecule has 0 aromatic heterocycles. The van der Waals surface area contributed by atoms with Gasteiger partial charge in [-0.2, -0.15) is 10.0 Å². The normalized spacial score (nSPS) is 14.7. The standard InChI is InChI=1S/C12H12Cl2N4O3/c1-3-21-12(20)17-7(2)15-18(11(19)16-17)10-5-4-8(13)6-9(10)14/h4-6H,3H2,1-2H3,(H,16,19). The highest BCUT2D eigenvalue weighted by Gasteiger charge is 2.30. The van der Waals surface area contributed by atoms with Crippen molar-refractivity contribution in [2.45, 2.75) is 13.8 Å². The van der Waals surface area contributed by atoms with E-state index < -0.39 is 12.1 Å². The number of urea groups is 1. The van der Waals surface area contributed by atoms with Gasteiger partial charge in [0.25, 0.3) is 0 Å². The largest absolute Gasteiger partial charge is 0.448 e. The molecule has 7 nitrogen and oxygen atoms in total. The van der Waals surface area contributed by atoms with E-state index in [-0.39, 0.29) is 17.5 Å². The van der Waals surface area contributed by atoms with Gasteiger partial charge in [0.2, 0.25) is 0 Å². The van der Waals surface area contributed by atoms with Gasteiger partial charge in [0.05, 0.1) is 17.3 Å². The first-order chi connectivity index (χ1) is 9.93. The van der Waals surface area contributed by atoms with E-state index in [0.29, 0.717) is 10.7 Å². The summed E-state index contributed by atoms with van der Waals surface area (Å²) in [6.07, 6.45) is -0.714. The summed E-state index contributed by atoms with van der Waals surface area (Å²) in [6.45, 7) is 3.40. The minimum Gasteiger partial charge on any atom is -0.448 e. The number of halogens is 2. The lowest BCUT2D eigenvalue weighted by molar-refractivity contribution is 0.115. The number of nitrogens with zero attached hydrogens (tertiary/aromatic N) is 3. The lowest BCUT2D eigenvalue weighted by Crippen LogP contribution is -2.57. The molecular formula is C12H12Cl2N4O3. The molecule has 3 amide bonds. The topological polar surface area (TPSA) is 74.2 Å². The minimum atomic E-state index is -0.714. The first-order valence-corrected chi connectivity index (χ1v) is 6.77. The molecule has 1 heterocycles. The van der Waals surface area contributed by atoms with E-state index in [9.17, 15) is 9.59 Å². The molecule has 0 aliphatic carbocycles. The number of amides is 3. The lowest BCUT2D eigenvalue weighted by Gasteiger charge is -2.30. The third-order valence-electron chi connectivity index (χ3n) is 2.56. The highest BCUT2D eigenvalue weighted by molar-refractivity contribution is 6.36. The molecule has 2 rings (SSSR count). The summed E-state index contributed by atoms with van der Waals surface area (Å²) in [5.41, 5.74) is 2.71. The van der Waals surface area contributed by atoms with Crippen LogP contribution < -0.4 is 10.4 Å². The fraction of sp³-hybridized carbons (Fsp3) is 0.250. The molecule has 1 aromatic rings. The fourth-order valence-electron chi connectivity index (χ4n) is 1.64. The van der Waals surface area contributed by atoms with Gasteiger partial charge >= 0.3 is 12.1 Å². The van der Waals surface area contributed by atoms with Gasteiger partial charge in [-0.15, -0.1) is 5.10 Å². The van der Waals surface area contributed by atoms with Crippen molar-refractivity contribution in [3.8, 4) is 0 Å².